The van der Waals surface area contributed by atoms with Crippen LogP contribution in [0.15, 0.2) is 72.8 Å². The zero-order chi connectivity index (χ0) is 30.1. The topological polar surface area (TPSA) is 101 Å². The molecule has 1 heterocycles. The number of hydrogen-bond acceptors (Lipinski definition) is 6. The molecule has 3 aromatic rings. The number of fused-ring (bicyclic) bond motifs is 1. The monoisotopic (exact) mass is 714 g/mol. The van der Waals surface area contributed by atoms with Crippen LogP contribution >= 0.6 is 43.5 Å². The van der Waals surface area contributed by atoms with Crippen LogP contribution in [0.25, 0.3) is 0 Å². The van der Waals surface area contributed by atoms with E-state index in [0.717, 1.165) is 15.6 Å². The molecule has 11 heteroatoms. The van der Waals surface area contributed by atoms with Crippen molar-refractivity contribution in [2.24, 2.45) is 11.8 Å². The predicted octanol–water partition coefficient (Wildman–Crippen LogP) is 6.03. The van der Waals surface area contributed by atoms with Gasteiger partial charge in [0.25, 0.3) is 17.7 Å². The largest absolute Gasteiger partial charge is 0.423 e. The van der Waals surface area contributed by atoms with E-state index in [1.807, 2.05) is 6.92 Å². The molecule has 3 amide bonds. The average Bonchev–Trinajstić information content (AvgIpc) is 3.20. The number of imide groups is 1. The second-order valence-electron chi connectivity index (χ2n) is 10.3. The van der Waals surface area contributed by atoms with Crippen LogP contribution in [0.5, 0.6) is 5.75 Å². The van der Waals surface area contributed by atoms with Gasteiger partial charge in [0.2, 0.25) is 0 Å². The first-order valence-electron chi connectivity index (χ1n) is 13.2. The number of carbonyl (C=O) groups excluding carboxylic acids is 5. The Hall–Kier alpha value is -3.34. The van der Waals surface area contributed by atoms with Crippen LogP contribution in [0.2, 0.25) is 5.02 Å². The summed E-state index contributed by atoms with van der Waals surface area (Å²) in [5, 5.41) is 2.17. The quantitative estimate of drug-likeness (QED) is 0.0974. The van der Waals surface area contributed by atoms with E-state index in [1.165, 1.54) is 48.5 Å². The number of nitrogens with zero attached hydrogens (tertiary/aromatic N) is 2. The van der Waals surface area contributed by atoms with Crippen LogP contribution in [-0.2, 0) is 9.59 Å². The molecule has 5 rings (SSSR count). The fourth-order valence-electron chi connectivity index (χ4n) is 5.08. The number of amides is 3. The molecule has 0 radical (unpaired) electrons. The number of ether oxygens (including phenoxy) is 1. The van der Waals surface area contributed by atoms with Gasteiger partial charge in [0.05, 0.1) is 17.4 Å². The number of benzene rings is 3. The van der Waals surface area contributed by atoms with Gasteiger partial charge < -0.3 is 4.74 Å². The maximum Gasteiger partial charge on any atom is 0.343 e. The van der Waals surface area contributed by atoms with E-state index >= 15 is 0 Å². The smallest absolute Gasteiger partial charge is 0.343 e. The minimum Gasteiger partial charge on any atom is -0.423 e. The Balaban J connectivity index is 1.37. The van der Waals surface area contributed by atoms with Gasteiger partial charge >= 0.3 is 5.97 Å². The van der Waals surface area contributed by atoms with Crippen molar-refractivity contribution in [2.75, 3.05) is 6.54 Å². The zero-order valence-corrected chi connectivity index (χ0v) is 26.3. The van der Waals surface area contributed by atoms with E-state index in [1.54, 1.807) is 24.3 Å². The lowest BCUT2D eigenvalue weighted by Crippen LogP contribution is -2.52. The molecule has 3 aromatic carbocycles. The Bertz CT molecular complexity index is 1520. The second-order valence-corrected chi connectivity index (χ2v) is 13.1. The molecule has 1 saturated heterocycles. The lowest BCUT2D eigenvalue weighted by atomic mass is 9.81. The lowest BCUT2D eigenvalue weighted by molar-refractivity contribution is -0.154. The maximum atomic E-state index is 13.7. The van der Waals surface area contributed by atoms with Crippen molar-refractivity contribution in [2.45, 2.75) is 29.4 Å². The fourth-order valence-corrected chi connectivity index (χ4v) is 6.45. The fraction of sp³-hybridized carbons (Fsp3) is 0.258. The van der Waals surface area contributed by atoms with E-state index in [2.05, 4.69) is 31.9 Å². The molecule has 0 aromatic heterocycles. The van der Waals surface area contributed by atoms with Gasteiger partial charge in [0.15, 0.2) is 5.78 Å². The first-order chi connectivity index (χ1) is 20.0. The third kappa shape index (κ3) is 6.21. The van der Waals surface area contributed by atoms with Crippen LogP contribution in [-0.4, -0.2) is 55.7 Å². The number of esters is 1. The molecule has 0 unspecified atom stereocenters. The number of hydrogen-bond donors (Lipinski definition) is 0. The molecule has 42 heavy (non-hydrogen) atoms. The maximum absolute atomic E-state index is 13.7. The molecule has 0 spiro atoms. The average molecular weight is 717 g/mol. The summed E-state index contributed by atoms with van der Waals surface area (Å²) >= 11 is 13.1. The molecule has 8 nitrogen and oxygen atoms in total. The van der Waals surface area contributed by atoms with Gasteiger partial charge in [0.1, 0.15) is 12.3 Å². The summed E-state index contributed by atoms with van der Waals surface area (Å²) in [5.74, 6) is -3.74. The molecule has 1 saturated carbocycles. The number of aryl methyl sites for hydroxylation is 1. The van der Waals surface area contributed by atoms with Gasteiger partial charge in [-0.25, -0.2) is 9.80 Å². The molecule has 1 aliphatic carbocycles. The SMILES string of the molecule is Cc1ccc(C(=O)Oc2ccc(C(=O)CN(C(=O)c3ccc(Cl)cc3)N3C(=O)[C@H]4C[C@H](Br)[C@@H](Br)C[C@H]4C3=O)cc2)cc1. The number of halogens is 3. The van der Waals surface area contributed by atoms with Gasteiger partial charge in [-0.05, 0) is 80.4 Å². The predicted molar refractivity (Wildman–Crippen MR) is 163 cm³/mol. The number of Topliss-reactive ketones (excluding diaryl/α,β-unsaturated/α-hetero) is 1. The highest BCUT2D eigenvalue weighted by molar-refractivity contribution is 9.12. The van der Waals surface area contributed by atoms with Crippen LogP contribution < -0.4 is 4.74 Å². The van der Waals surface area contributed by atoms with Crippen LogP contribution in [0.1, 0.15) is 49.5 Å². The first kappa shape index (κ1) is 30.1. The summed E-state index contributed by atoms with van der Waals surface area (Å²) in [7, 11) is 0. The Morgan fingerprint density at radius 2 is 1.31 bits per heavy atom. The summed E-state index contributed by atoms with van der Waals surface area (Å²) in [6.45, 7) is 1.35. The van der Waals surface area contributed by atoms with E-state index < -0.39 is 47.9 Å². The van der Waals surface area contributed by atoms with Crippen molar-refractivity contribution in [1.29, 1.82) is 0 Å². The number of carbonyl (C=O) groups is 5. The summed E-state index contributed by atoms with van der Waals surface area (Å²) in [6, 6.07) is 18.8. The summed E-state index contributed by atoms with van der Waals surface area (Å²) in [4.78, 5) is 66.6. The van der Waals surface area contributed by atoms with Crippen molar-refractivity contribution < 1.29 is 28.7 Å². The first-order valence-corrected chi connectivity index (χ1v) is 15.4. The van der Waals surface area contributed by atoms with Crippen molar-refractivity contribution in [3.63, 3.8) is 0 Å². The molecular formula is C31H25Br2ClN2O6. The standard InChI is InChI=1S/C31H25Br2ClN2O6/c1-17-2-4-20(5-3-17)31(41)42-22-12-8-18(9-13-22)27(37)16-35(28(38)19-6-10-21(34)11-7-19)36-29(39)23-14-25(32)26(33)15-24(23)30(36)40/h2-13,23-26H,14-16H2,1H3/t23-,24+,25-,26-/m0/s1. The van der Waals surface area contributed by atoms with Crippen molar-refractivity contribution in [3.8, 4) is 5.75 Å². The van der Waals surface area contributed by atoms with E-state index in [-0.39, 0.29) is 26.5 Å². The van der Waals surface area contributed by atoms with Crippen molar-refractivity contribution >= 4 is 72.9 Å². The van der Waals surface area contributed by atoms with Gasteiger partial charge in [-0.3, -0.25) is 19.2 Å². The summed E-state index contributed by atoms with van der Waals surface area (Å²) in [5.41, 5.74) is 1.76. The molecule has 2 fully saturated rings. The Morgan fingerprint density at radius 1 is 0.810 bits per heavy atom. The third-order valence-corrected chi connectivity index (χ3v) is 10.4. The number of rotatable bonds is 7. The summed E-state index contributed by atoms with van der Waals surface area (Å²) < 4.78 is 5.41. The highest BCUT2D eigenvalue weighted by Crippen LogP contribution is 2.43. The zero-order valence-electron chi connectivity index (χ0n) is 22.3. The molecule has 0 bridgehead atoms. The molecular weight excluding hydrogens is 692 g/mol. The third-order valence-electron chi connectivity index (χ3n) is 7.42. The van der Waals surface area contributed by atoms with Crippen LogP contribution in [0.4, 0.5) is 0 Å². The Morgan fingerprint density at radius 3 is 1.86 bits per heavy atom. The lowest BCUT2D eigenvalue weighted by Gasteiger charge is -2.30. The second kappa shape index (κ2) is 12.5. The van der Waals surface area contributed by atoms with Gasteiger partial charge in [-0.2, -0.15) is 5.01 Å². The molecule has 1 aliphatic heterocycles. The molecule has 216 valence electrons. The van der Waals surface area contributed by atoms with E-state index in [9.17, 15) is 24.0 Å². The van der Waals surface area contributed by atoms with Crippen LogP contribution in [0, 0.1) is 18.8 Å². The minimum absolute atomic E-state index is 0.0175. The highest BCUT2D eigenvalue weighted by Gasteiger charge is 2.54. The molecule has 2 aliphatic rings. The van der Waals surface area contributed by atoms with Gasteiger partial charge in [0, 0.05) is 25.8 Å². The Kier molecular flexibility index (Phi) is 8.96. The van der Waals surface area contributed by atoms with Gasteiger partial charge in [-0.15, -0.1) is 0 Å². The number of alkyl halides is 2. The van der Waals surface area contributed by atoms with Crippen molar-refractivity contribution in [1.82, 2.24) is 10.0 Å². The van der Waals surface area contributed by atoms with Crippen LogP contribution in [0.3, 0.4) is 0 Å². The molecule has 4 atom stereocenters. The number of hydrazine groups is 1. The molecule has 0 N–H and O–H groups in total. The highest BCUT2D eigenvalue weighted by atomic mass is 79.9. The normalized spacial score (nSPS) is 21.6. The minimum atomic E-state index is -0.685. The van der Waals surface area contributed by atoms with E-state index in [4.69, 9.17) is 16.3 Å². The van der Waals surface area contributed by atoms with E-state index in [0.29, 0.717) is 23.4 Å². The van der Waals surface area contributed by atoms with Gasteiger partial charge in [-0.1, -0.05) is 61.2 Å². The Labute approximate surface area is 264 Å². The van der Waals surface area contributed by atoms with Crippen molar-refractivity contribution in [3.05, 3.63) is 100 Å². The number of ketones is 1. The summed E-state index contributed by atoms with van der Waals surface area (Å²) in [6.07, 6.45) is 0.836.